The highest BCUT2D eigenvalue weighted by molar-refractivity contribution is 6.36. The number of piperazine rings is 1. The molecule has 1 unspecified atom stereocenters. The maximum Gasteiger partial charge on any atom is 0.175 e. The Morgan fingerprint density at radius 3 is 2.83 bits per heavy atom. The summed E-state index contributed by atoms with van der Waals surface area (Å²) in [5.41, 5.74) is 0.686. The Morgan fingerprint density at radius 1 is 1.13 bits per heavy atom. The van der Waals surface area contributed by atoms with Gasteiger partial charge in [-0.05, 0) is 18.4 Å². The maximum absolute atomic E-state index is 15.6. The number of halogens is 3. The predicted octanol–water partition coefficient (Wildman–Crippen LogP) is 4.57. The molecular weight excluding hydrogens is 408 g/mol. The molecule has 5 rings (SSSR count). The first-order chi connectivity index (χ1) is 14.6. The number of nitrogens with zero attached hydrogens (tertiary/aromatic N) is 4. The van der Waals surface area contributed by atoms with E-state index in [2.05, 4.69) is 32.1 Å². The summed E-state index contributed by atoms with van der Waals surface area (Å²) in [4.78, 5) is 15.1. The molecular formula is C22H18ClF2N5. The number of anilines is 1. The average Bonchev–Trinajstić information content (AvgIpc) is 2.76. The van der Waals surface area contributed by atoms with Crippen molar-refractivity contribution >= 4 is 39.1 Å². The van der Waals surface area contributed by atoms with Crippen LogP contribution in [0.1, 0.15) is 6.92 Å². The topological polar surface area (TPSA) is 53.9 Å². The van der Waals surface area contributed by atoms with Gasteiger partial charge in [-0.25, -0.2) is 18.7 Å². The zero-order valence-corrected chi connectivity index (χ0v) is 16.9. The van der Waals surface area contributed by atoms with E-state index in [1.165, 1.54) is 12.4 Å². The van der Waals surface area contributed by atoms with Crippen molar-refractivity contribution in [1.29, 1.82) is 0 Å². The second-order valence-electron chi connectivity index (χ2n) is 7.39. The third kappa shape index (κ3) is 2.97. The number of rotatable bonds is 2. The van der Waals surface area contributed by atoms with Crippen LogP contribution in [0.25, 0.3) is 32.9 Å². The van der Waals surface area contributed by atoms with E-state index in [0.29, 0.717) is 27.5 Å². The molecule has 152 valence electrons. The molecule has 1 aliphatic heterocycles. The monoisotopic (exact) mass is 425 g/mol. The van der Waals surface area contributed by atoms with E-state index >= 15 is 4.39 Å². The summed E-state index contributed by atoms with van der Waals surface area (Å²) >= 11 is 6.23. The molecule has 1 aliphatic rings. The van der Waals surface area contributed by atoms with E-state index in [1.807, 2.05) is 0 Å². The largest absolute Gasteiger partial charge is 0.351 e. The van der Waals surface area contributed by atoms with Crippen molar-refractivity contribution in [1.82, 2.24) is 20.3 Å². The number of benzene rings is 2. The second kappa shape index (κ2) is 7.41. The minimum absolute atomic E-state index is 0.0533. The van der Waals surface area contributed by atoms with Gasteiger partial charge in [-0.2, -0.15) is 0 Å². The number of aromatic nitrogens is 3. The molecule has 5 nitrogen and oxygen atoms in total. The van der Waals surface area contributed by atoms with Crippen molar-refractivity contribution in [2.45, 2.75) is 13.0 Å². The summed E-state index contributed by atoms with van der Waals surface area (Å²) in [6.07, 6.45) is 2.96. The number of hydrogen-bond donors (Lipinski definition) is 1. The summed E-state index contributed by atoms with van der Waals surface area (Å²) < 4.78 is 29.8. The number of hydrogen-bond acceptors (Lipinski definition) is 5. The second-order valence-corrected chi connectivity index (χ2v) is 7.77. The molecule has 1 fully saturated rings. The predicted molar refractivity (Wildman–Crippen MR) is 115 cm³/mol. The van der Waals surface area contributed by atoms with Gasteiger partial charge < -0.3 is 10.2 Å². The van der Waals surface area contributed by atoms with Crippen molar-refractivity contribution in [2.75, 3.05) is 24.5 Å². The lowest BCUT2D eigenvalue weighted by Crippen LogP contribution is -2.50. The van der Waals surface area contributed by atoms with Gasteiger partial charge in [-0.15, -0.1) is 0 Å². The van der Waals surface area contributed by atoms with Crippen molar-refractivity contribution in [3.05, 3.63) is 59.5 Å². The number of nitrogens with one attached hydrogen (secondary N) is 1. The van der Waals surface area contributed by atoms with E-state index in [4.69, 9.17) is 11.6 Å². The normalized spacial score (nSPS) is 17.1. The van der Waals surface area contributed by atoms with Crippen molar-refractivity contribution in [3.8, 4) is 11.3 Å². The van der Waals surface area contributed by atoms with Gasteiger partial charge in [0.15, 0.2) is 5.82 Å². The molecule has 0 aliphatic carbocycles. The van der Waals surface area contributed by atoms with E-state index in [9.17, 15) is 4.39 Å². The lowest BCUT2D eigenvalue weighted by atomic mass is 10.0. The van der Waals surface area contributed by atoms with E-state index in [0.717, 1.165) is 19.6 Å². The van der Waals surface area contributed by atoms with Crippen LogP contribution in [-0.2, 0) is 0 Å². The summed E-state index contributed by atoms with van der Waals surface area (Å²) in [7, 11) is 0. The molecule has 0 amide bonds. The van der Waals surface area contributed by atoms with Crippen LogP contribution in [-0.4, -0.2) is 40.6 Å². The molecule has 2 aromatic carbocycles. The van der Waals surface area contributed by atoms with Gasteiger partial charge in [0, 0.05) is 42.8 Å². The van der Waals surface area contributed by atoms with Gasteiger partial charge in [0.2, 0.25) is 0 Å². The minimum atomic E-state index is -0.577. The molecule has 1 atom stereocenters. The summed E-state index contributed by atoms with van der Waals surface area (Å²) in [5.74, 6) is -0.476. The molecule has 3 heterocycles. The molecule has 0 radical (unpaired) electrons. The Kier molecular flexibility index (Phi) is 4.72. The van der Waals surface area contributed by atoms with Crippen LogP contribution in [0, 0.1) is 11.6 Å². The fourth-order valence-corrected chi connectivity index (χ4v) is 4.33. The van der Waals surface area contributed by atoms with E-state index in [1.54, 1.807) is 30.5 Å². The Morgan fingerprint density at radius 2 is 2.00 bits per heavy atom. The Labute approximate surface area is 176 Å². The summed E-state index contributed by atoms with van der Waals surface area (Å²) in [6.45, 7) is 4.49. The molecule has 30 heavy (non-hydrogen) atoms. The van der Waals surface area contributed by atoms with Crippen LogP contribution in [0.2, 0.25) is 5.02 Å². The summed E-state index contributed by atoms with van der Waals surface area (Å²) in [6, 6.07) is 8.38. The van der Waals surface area contributed by atoms with E-state index in [-0.39, 0.29) is 22.3 Å². The van der Waals surface area contributed by atoms with Crippen LogP contribution in [0.15, 0.2) is 42.9 Å². The number of fused-ring (bicyclic) bond motifs is 2. The third-order valence-electron chi connectivity index (χ3n) is 5.56. The first kappa shape index (κ1) is 19.1. The standard InChI is InChI=1S/C22H18ClF2N5/c1-12-9-26-7-8-30(12)22-15-10-27-20(19(25)21(15)28-11-29-22)14-4-2-3-13-5-6-16(24)18(23)17(13)14/h2-6,10-12,26H,7-9H2,1H3. The first-order valence-corrected chi connectivity index (χ1v) is 10.1. The fraction of sp³-hybridized carbons (Fsp3) is 0.227. The highest BCUT2D eigenvalue weighted by atomic mass is 35.5. The summed E-state index contributed by atoms with van der Waals surface area (Å²) in [5, 5.41) is 4.96. The Hall–Kier alpha value is -2.90. The average molecular weight is 426 g/mol. The lowest BCUT2D eigenvalue weighted by Gasteiger charge is -2.35. The highest BCUT2D eigenvalue weighted by Gasteiger charge is 2.24. The molecule has 1 N–H and O–H groups in total. The highest BCUT2D eigenvalue weighted by Crippen LogP contribution is 2.37. The van der Waals surface area contributed by atoms with Crippen molar-refractivity contribution in [3.63, 3.8) is 0 Å². The van der Waals surface area contributed by atoms with Gasteiger partial charge in [-0.1, -0.05) is 35.9 Å². The van der Waals surface area contributed by atoms with Gasteiger partial charge >= 0.3 is 0 Å². The SMILES string of the molecule is CC1CNCCN1c1ncnc2c(F)c(-c3cccc4ccc(F)c(Cl)c34)ncc12. The van der Waals surface area contributed by atoms with Crippen molar-refractivity contribution in [2.24, 2.45) is 0 Å². The zero-order valence-electron chi connectivity index (χ0n) is 16.2. The van der Waals surface area contributed by atoms with Gasteiger partial charge in [0.25, 0.3) is 0 Å². The van der Waals surface area contributed by atoms with Crippen LogP contribution in [0.4, 0.5) is 14.6 Å². The van der Waals surface area contributed by atoms with Gasteiger partial charge in [-0.3, -0.25) is 4.98 Å². The van der Waals surface area contributed by atoms with Crippen LogP contribution in [0.3, 0.4) is 0 Å². The third-order valence-corrected chi connectivity index (χ3v) is 5.93. The number of pyridine rings is 1. The van der Waals surface area contributed by atoms with Crippen LogP contribution < -0.4 is 10.2 Å². The fourth-order valence-electron chi connectivity index (χ4n) is 4.06. The molecule has 1 saturated heterocycles. The maximum atomic E-state index is 15.6. The van der Waals surface area contributed by atoms with E-state index < -0.39 is 11.6 Å². The smallest absolute Gasteiger partial charge is 0.175 e. The van der Waals surface area contributed by atoms with Gasteiger partial charge in [0.1, 0.15) is 29.2 Å². The Balaban J connectivity index is 1.73. The Bertz CT molecular complexity index is 1280. The molecule has 8 heteroatoms. The van der Waals surface area contributed by atoms with Crippen molar-refractivity contribution < 1.29 is 8.78 Å². The quantitative estimate of drug-likeness (QED) is 0.509. The van der Waals surface area contributed by atoms with Crippen LogP contribution in [0.5, 0.6) is 0 Å². The minimum Gasteiger partial charge on any atom is -0.351 e. The molecule has 0 saturated carbocycles. The molecule has 4 aromatic rings. The zero-order chi connectivity index (χ0) is 20.8. The van der Waals surface area contributed by atoms with Crippen LogP contribution >= 0.6 is 11.6 Å². The lowest BCUT2D eigenvalue weighted by molar-refractivity contribution is 0.498. The molecule has 2 aromatic heterocycles. The van der Waals surface area contributed by atoms with Gasteiger partial charge in [0.05, 0.1) is 10.4 Å². The molecule has 0 spiro atoms. The first-order valence-electron chi connectivity index (χ1n) is 9.70. The molecule has 0 bridgehead atoms.